The van der Waals surface area contributed by atoms with E-state index in [9.17, 15) is 9.90 Å². The number of carbonyl (C=O) groups excluding carboxylic acids is 1. The predicted molar refractivity (Wildman–Crippen MR) is 75.5 cm³/mol. The van der Waals surface area contributed by atoms with Gasteiger partial charge in [-0.1, -0.05) is 13.0 Å². The fourth-order valence-electron chi connectivity index (χ4n) is 2.04. The summed E-state index contributed by atoms with van der Waals surface area (Å²) in [6.07, 6.45) is 2.51. The summed E-state index contributed by atoms with van der Waals surface area (Å²) in [7, 11) is 0. The third-order valence-electron chi connectivity index (χ3n) is 3.17. The number of ketones is 1. The van der Waals surface area contributed by atoms with Crippen LogP contribution < -0.4 is 0 Å². The number of carbonyl (C=O) groups is 1. The minimum absolute atomic E-state index is 0.210. The number of halogens is 1. The Morgan fingerprint density at radius 3 is 2.94 bits per heavy atom. The molecular weight excluding hydrogens is 294 g/mol. The molecule has 1 fully saturated rings. The molecule has 0 radical (unpaired) electrons. The van der Waals surface area contributed by atoms with Gasteiger partial charge in [-0.05, 0) is 46.2 Å². The Morgan fingerprint density at radius 2 is 2.28 bits per heavy atom. The van der Waals surface area contributed by atoms with Crippen LogP contribution in [0.4, 0.5) is 0 Å². The molecule has 4 heteroatoms. The SMILES string of the molecule is CCN1CCC(=O)/C(=C/c2ccc(O)c(Br)c2)C1. The van der Waals surface area contributed by atoms with Gasteiger partial charge in [-0.2, -0.15) is 0 Å². The van der Waals surface area contributed by atoms with E-state index in [0.29, 0.717) is 17.4 Å². The van der Waals surface area contributed by atoms with Crippen LogP contribution in [0, 0.1) is 0 Å². The average Bonchev–Trinajstić information content (AvgIpc) is 2.36. The van der Waals surface area contributed by atoms with Crippen LogP contribution in [0.15, 0.2) is 28.2 Å². The van der Waals surface area contributed by atoms with Crippen LogP contribution in [0.25, 0.3) is 6.08 Å². The maximum absolute atomic E-state index is 11.9. The van der Waals surface area contributed by atoms with E-state index in [1.54, 1.807) is 6.07 Å². The number of phenols is 1. The van der Waals surface area contributed by atoms with Crippen LogP contribution in [0.2, 0.25) is 0 Å². The minimum Gasteiger partial charge on any atom is -0.507 e. The third kappa shape index (κ3) is 3.00. The Bertz CT molecular complexity index is 497. The molecule has 2 rings (SSSR count). The van der Waals surface area contributed by atoms with Crippen molar-refractivity contribution in [3.05, 3.63) is 33.8 Å². The molecule has 96 valence electrons. The first-order valence-electron chi connectivity index (χ1n) is 6.04. The Balaban J connectivity index is 2.24. The van der Waals surface area contributed by atoms with Gasteiger partial charge in [-0.3, -0.25) is 9.69 Å². The van der Waals surface area contributed by atoms with Crippen molar-refractivity contribution >= 4 is 27.8 Å². The number of benzene rings is 1. The lowest BCUT2D eigenvalue weighted by Gasteiger charge is -2.26. The molecular formula is C14H16BrNO2. The van der Waals surface area contributed by atoms with Crippen molar-refractivity contribution in [2.75, 3.05) is 19.6 Å². The first kappa shape index (κ1) is 13.3. The smallest absolute Gasteiger partial charge is 0.161 e. The van der Waals surface area contributed by atoms with Gasteiger partial charge in [0.15, 0.2) is 5.78 Å². The second-order valence-electron chi connectivity index (χ2n) is 4.42. The number of phenolic OH excluding ortho intramolecular Hbond substituents is 1. The third-order valence-corrected chi connectivity index (χ3v) is 3.80. The van der Waals surface area contributed by atoms with Crippen molar-refractivity contribution < 1.29 is 9.90 Å². The molecule has 0 bridgehead atoms. The lowest BCUT2D eigenvalue weighted by atomic mass is 10.0. The zero-order valence-corrected chi connectivity index (χ0v) is 11.9. The lowest BCUT2D eigenvalue weighted by Crippen LogP contribution is -2.35. The molecule has 0 spiro atoms. The molecule has 0 atom stereocenters. The van der Waals surface area contributed by atoms with Crippen molar-refractivity contribution in [3.8, 4) is 5.75 Å². The first-order valence-corrected chi connectivity index (χ1v) is 6.84. The average molecular weight is 310 g/mol. The molecule has 1 N–H and O–H groups in total. The molecule has 0 saturated carbocycles. The summed E-state index contributed by atoms with van der Waals surface area (Å²) in [6, 6.07) is 5.26. The van der Waals surface area contributed by atoms with Gasteiger partial charge < -0.3 is 5.11 Å². The Labute approximate surface area is 115 Å². The number of likely N-dealkylation sites (N-methyl/N-ethyl adjacent to an activating group) is 1. The quantitative estimate of drug-likeness (QED) is 0.854. The number of hydrogen-bond donors (Lipinski definition) is 1. The lowest BCUT2D eigenvalue weighted by molar-refractivity contribution is -0.117. The summed E-state index contributed by atoms with van der Waals surface area (Å²) < 4.78 is 0.646. The number of Topliss-reactive ketones (excluding diaryl/α,β-unsaturated/α-hetero) is 1. The van der Waals surface area contributed by atoms with E-state index in [-0.39, 0.29) is 11.5 Å². The van der Waals surface area contributed by atoms with E-state index in [1.807, 2.05) is 18.2 Å². The Hall–Kier alpha value is -1.13. The number of likely N-dealkylation sites (tertiary alicyclic amines) is 1. The molecule has 1 aliphatic heterocycles. The van der Waals surface area contributed by atoms with Crippen molar-refractivity contribution in [3.63, 3.8) is 0 Å². The topological polar surface area (TPSA) is 40.5 Å². The molecule has 1 aliphatic rings. The van der Waals surface area contributed by atoms with Crippen molar-refractivity contribution in [2.24, 2.45) is 0 Å². The highest BCUT2D eigenvalue weighted by atomic mass is 79.9. The van der Waals surface area contributed by atoms with Crippen molar-refractivity contribution in [1.29, 1.82) is 0 Å². The van der Waals surface area contributed by atoms with Gasteiger partial charge in [-0.25, -0.2) is 0 Å². The van der Waals surface area contributed by atoms with Gasteiger partial charge in [0.1, 0.15) is 5.75 Å². The fraction of sp³-hybridized carbons (Fsp3) is 0.357. The van der Waals surface area contributed by atoms with E-state index in [0.717, 1.165) is 24.2 Å². The van der Waals surface area contributed by atoms with Crippen LogP contribution >= 0.6 is 15.9 Å². The summed E-state index contributed by atoms with van der Waals surface area (Å²) in [6.45, 7) is 4.63. The minimum atomic E-state index is 0.210. The maximum Gasteiger partial charge on any atom is 0.161 e. The summed E-state index contributed by atoms with van der Waals surface area (Å²) in [5.74, 6) is 0.436. The highest BCUT2D eigenvalue weighted by Crippen LogP contribution is 2.26. The van der Waals surface area contributed by atoms with E-state index in [4.69, 9.17) is 0 Å². The zero-order chi connectivity index (χ0) is 13.1. The highest BCUT2D eigenvalue weighted by molar-refractivity contribution is 9.10. The second-order valence-corrected chi connectivity index (χ2v) is 5.28. The molecule has 1 aromatic rings. The summed E-state index contributed by atoms with van der Waals surface area (Å²) in [5.41, 5.74) is 1.78. The Morgan fingerprint density at radius 1 is 1.50 bits per heavy atom. The molecule has 1 saturated heterocycles. The molecule has 0 amide bonds. The van der Waals surface area contributed by atoms with Gasteiger partial charge in [0.2, 0.25) is 0 Å². The first-order chi connectivity index (χ1) is 8.60. The predicted octanol–water partition coefficient (Wildman–Crippen LogP) is 2.83. The number of nitrogens with zero attached hydrogens (tertiary/aromatic N) is 1. The number of rotatable bonds is 2. The van der Waals surface area contributed by atoms with Crippen LogP contribution in [-0.2, 0) is 4.79 Å². The maximum atomic E-state index is 11.9. The van der Waals surface area contributed by atoms with Crippen LogP contribution in [-0.4, -0.2) is 35.4 Å². The molecule has 0 aliphatic carbocycles. The monoisotopic (exact) mass is 309 g/mol. The molecule has 18 heavy (non-hydrogen) atoms. The number of piperidine rings is 1. The van der Waals surface area contributed by atoms with Gasteiger partial charge in [-0.15, -0.1) is 0 Å². The molecule has 0 aromatic heterocycles. The molecule has 3 nitrogen and oxygen atoms in total. The summed E-state index contributed by atoms with van der Waals surface area (Å²) in [5, 5.41) is 9.44. The van der Waals surface area contributed by atoms with Crippen LogP contribution in [0.1, 0.15) is 18.9 Å². The van der Waals surface area contributed by atoms with E-state index in [2.05, 4.69) is 27.8 Å². The van der Waals surface area contributed by atoms with Gasteiger partial charge in [0, 0.05) is 25.1 Å². The van der Waals surface area contributed by atoms with E-state index in [1.165, 1.54) is 0 Å². The standard InChI is InChI=1S/C14H16BrNO2/c1-2-16-6-5-13(17)11(9-16)7-10-3-4-14(18)12(15)8-10/h3-4,7-8,18H,2,5-6,9H2,1H3/b11-7+. The normalized spacial score (nSPS) is 19.4. The van der Waals surface area contributed by atoms with Crippen molar-refractivity contribution in [2.45, 2.75) is 13.3 Å². The van der Waals surface area contributed by atoms with Gasteiger partial charge >= 0.3 is 0 Å². The number of hydrogen-bond acceptors (Lipinski definition) is 3. The molecule has 0 unspecified atom stereocenters. The van der Waals surface area contributed by atoms with E-state index >= 15 is 0 Å². The van der Waals surface area contributed by atoms with E-state index < -0.39 is 0 Å². The molecule has 1 heterocycles. The summed E-state index contributed by atoms with van der Waals surface area (Å²) in [4.78, 5) is 14.1. The highest BCUT2D eigenvalue weighted by Gasteiger charge is 2.19. The zero-order valence-electron chi connectivity index (χ0n) is 10.3. The summed E-state index contributed by atoms with van der Waals surface area (Å²) >= 11 is 3.28. The molecule has 1 aromatic carbocycles. The number of aromatic hydroxyl groups is 1. The van der Waals surface area contributed by atoms with Crippen LogP contribution in [0.5, 0.6) is 5.75 Å². The second kappa shape index (κ2) is 5.67. The van der Waals surface area contributed by atoms with Crippen LogP contribution in [0.3, 0.4) is 0 Å². The van der Waals surface area contributed by atoms with Gasteiger partial charge in [0.25, 0.3) is 0 Å². The Kier molecular flexibility index (Phi) is 4.19. The van der Waals surface area contributed by atoms with Crippen molar-refractivity contribution in [1.82, 2.24) is 4.90 Å². The largest absolute Gasteiger partial charge is 0.507 e. The fourth-order valence-corrected chi connectivity index (χ4v) is 2.44. The van der Waals surface area contributed by atoms with Gasteiger partial charge in [0.05, 0.1) is 4.47 Å².